The number of halogens is 3. The highest BCUT2D eigenvalue weighted by atomic mass is 32.2. The number of carbonyl (C=O) groups excluding carboxylic acids is 1. The van der Waals surface area contributed by atoms with Crippen molar-refractivity contribution < 1.29 is 31.1 Å². The standard InChI is InChI=1S/C24H27F3N4O4S2/c1-24(2,3)35-23(32)31(20-11-12-36-29-20)37(33,34)19-10-9-18(21(26)22(19)27)28-13-16-15(14-30(4)5)7-6-8-17(16)25/h6-12,28H,13-14H2,1-5H3. The van der Waals surface area contributed by atoms with E-state index >= 15 is 8.78 Å². The van der Waals surface area contributed by atoms with E-state index in [4.69, 9.17) is 4.74 Å². The minimum Gasteiger partial charge on any atom is -0.443 e. The zero-order valence-electron chi connectivity index (χ0n) is 20.9. The van der Waals surface area contributed by atoms with Crippen LogP contribution in [-0.2, 0) is 27.8 Å². The lowest BCUT2D eigenvalue weighted by Crippen LogP contribution is -2.41. The molecule has 0 spiro atoms. The molecule has 0 aliphatic rings. The quantitative estimate of drug-likeness (QED) is 0.399. The number of hydrogen-bond donors (Lipinski definition) is 1. The molecule has 0 fully saturated rings. The van der Waals surface area contributed by atoms with Gasteiger partial charge in [-0.3, -0.25) is 0 Å². The number of hydrogen-bond acceptors (Lipinski definition) is 8. The number of rotatable bonds is 8. The SMILES string of the molecule is CN(C)Cc1cccc(F)c1CNc1ccc(S(=O)(=O)N(C(=O)OC(C)(C)C)c2ccsn2)c(F)c1F. The smallest absolute Gasteiger partial charge is 0.430 e. The molecule has 0 saturated carbocycles. The maximum atomic E-state index is 15.1. The van der Waals surface area contributed by atoms with Gasteiger partial charge < -0.3 is 15.0 Å². The third-order valence-electron chi connectivity index (χ3n) is 4.91. The van der Waals surface area contributed by atoms with E-state index in [0.29, 0.717) is 12.1 Å². The van der Waals surface area contributed by atoms with Crippen molar-refractivity contribution in [2.45, 2.75) is 44.4 Å². The van der Waals surface area contributed by atoms with Crippen molar-refractivity contribution >= 4 is 39.2 Å². The Morgan fingerprint density at radius 2 is 1.78 bits per heavy atom. The van der Waals surface area contributed by atoms with Crippen LogP contribution in [0.4, 0.5) is 29.5 Å². The Kier molecular flexibility index (Phi) is 8.50. The van der Waals surface area contributed by atoms with Crippen LogP contribution in [0.25, 0.3) is 0 Å². The molecule has 3 rings (SSSR count). The summed E-state index contributed by atoms with van der Waals surface area (Å²) in [6.07, 6.45) is -1.33. The second-order valence-electron chi connectivity index (χ2n) is 9.32. The number of ether oxygens (including phenoxy) is 1. The minimum atomic E-state index is -4.96. The third kappa shape index (κ3) is 6.59. The van der Waals surface area contributed by atoms with Crippen molar-refractivity contribution in [1.29, 1.82) is 0 Å². The Balaban J connectivity index is 1.95. The summed E-state index contributed by atoms with van der Waals surface area (Å²) in [5.74, 6) is -4.07. The maximum Gasteiger partial charge on any atom is 0.430 e. The van der Waals surface area contributed by atoms with Crippen LogP contribution in [0.2, 0.25) is 0 Å². The van der Waals surface area contributed by atoms with Crippen LogP contribution in [-0.4, -0.2) is 43.5 Å². The molecule has 1 N–H and O–H groups in total. The first-order valence-electron chi connectivity index (χ1n) is 11.0. The van der Waals surface area contributed by atoms with Gasteiger partial charge in [0.25, 0.3) is 10.0 Å². The van der Waals surface area contributed by atoms with Crippen molar-refractivity contribution in [1.82, 2.24) is 9.27 Å². The Hall–Kier alpha value is -3.16. The Bertz CT molecular complexity index is 1380. The summed E-state index contributed by atoms with van der Waals surface area (Å²) in [5, 5.41) is 4.05. The molecule has 0 atom stereocenters. The van der Waals surface area contributed by atoms with Gasteiger partial charge >= 0.3 is 6.09 Å². The minimum absolute atomic E-state index is 0.179. The molecular weight excluding hydrogens is 529 g/mol. The predicted octanol–water partition coefficient (Wildman–Crippen LogP) is 5.36. The van der Waals surface area contributed by atoms with Crippen molar-refractivity contribution in [2.24, 2.45) is 0 Å². The van der Waals surface area contributed by atoms with Crippen molar-refractivity contribution in [2.75, 3.05) is 23.7 Å². The highest BCUT2D eigenvalue weighted by Crippen LogP contribution is 2.31. The zero-order chi connectivity index (χ0) is 27.5. The van der Waals surface area contributed by atoms with Gasteiger partial charge in [-0.1, -0.05) is 12.1 Å². The molecule has 1 heterocycles. The van der Waals surface area contributed by atoms with Crippen LogP contribution >= 0.6 is 11.5 Å². The van der Waals surface area contributed by atoms with Gasteiger partial charge in [-0.15, -0.1) is 4.31 Å². The first kappa shape index (κ1) is 28.4. The number of nitrogens with zero attached hydrogens (tertiary/aromatic N) is 3. The molecule has 0 unspecified atom stereocenters. The second kappa shape index (κ2) is 11.1. The largest absolute Gasteiger partial charge is 0.443 e. The van der Waals surface area contributed by atoms with Gasteiger partial charge in [-0.05, 0) is 76.2 Å². The van der Waals surface area contributed by atoms with Crippen molar-refractivity contribution in [3.05, 3.63) is 70.4 Å². The van der Waals surface area contributed by atoms with Crippen LogP contribution in [0.15, 0.2) is 46.7 Å². The summed E-state index contributed by atoms with van der Waals surface area (Å²) in [7, 11) is -1.35. The third-order valence-corrected chi connectivity index (χ3v) is 7.15. The molecule has 37 heavy (non-hydrogen) atoms. The monoisotopic (exact) mass is 556 g/mol. The molecule has 0 saturated heterocycles. The topological polar surface area (TPSA) is 91.8 Å². The lowest BCUT2D eigenvalue weighted by molar-refractivity contribution is 0.0608. The van der Waals surface area contributed by atoms with Crippen LogP contribution in [0, 0.1) is 17.5 Å². The van der Waals surface area contributed by atoms with Crippen molar-refractivity contribution in [3.8, 4) is 0 Å². The van der Waals surface area contributed by atoms with E-state index in [2.05, 4.69) is 9.69 Å². The fourth-order valence-corrected chi connectivity index (χ4v) is 5.25. The molecule has 1 amide bonds. The summed E-state index contributed by atoms with van der Waals surface area (Å²) in [5.41, 5.74) is -0.550. The first-order chi connectivity index (χ1) is 17.2. The molecule has 0 aliphatic carbocycles. The molecule has 200 valence electrons. The van der Waals surface area contributed by atoms with Gasteiger partial charge in [0, 0.05) is 24.0 Å². The average molecular weight is 557 g/mol. The Morgan fingerprint density at radius 3 is 2.38 bits per heavy atom. The highest BCUT2D eigenvalue weighted by molar-refractivity contribution is 7.93. The van der Waals surface area contributed by atoms with E-state index in [0.717, 1.165) is 23.7 Å². The van der Waals surface area contributed by atoms with Gasteiger partial charge in [0.15, 0.2) is 17.5 Å². The average Bonchev–Trinajstić information content (AvgIpc) is 3.28. The summed E-state index contributed by atoms with van der Waals surface area (Å²) in [4.78, 5) is 13.5. The molecule has 3 aromatic rings. The molecule has 0 bridgehead atoms. The second-order valence-corrected chi connectivity index (χ2v) is 11.7. The van der Waals surface area contributed by atoms with Gasteiger partial charge in [-0.25, -0.2) is 26.4 Å². The van der Waals surface area contributed by atoms with E-state index in [1.807, 2.05) is 19.0 Å². The molecule has 0 aliphatic heterocycles. The fraction of sp³-hybridized carbons (Fsp3) is 0.333. The highest BCUT2D eigenvalue weighted by Gasteiger charge is 2.38. The summed E-state index contributed by atoms with van der Waals surface area (Å²) < 4.78 is 80.5. The number of amides is 1. The maximum absolute atomic E-state index is 15.1. The van der Waals surface area contributed by atoms with Crippen LogP contribution in [0.3, 0.4) is 0 Å². The van der Waals surface area contributed by atoms with Gasteiger partial charge in [0.2, 0.25) is 0 Å². The molecular formula is C24H27F3N4O4S2. The van der Waals surface area contributed by atoms with E-state index in [-0.39, 0.29) is 27.9 Å². The van der Waals surface area contributed by atoms with Gasteiger partial charge in [-0.2, -0.15) is 4.37 Å². The Morgan fingerprint density at radius 1 is 1.08 bits per heavy atom. The number of sulfonamides is 1. The van der Waals surface area contributed by atoms with E-state index in [1.165, 1.54) is 38.3 Å². The molecule has 0 radical (unpaired) electrons. The lowest BCUT2D eigenvalue weighted by atomic mass is 10.1. The molecule has 13 heteroatoms. The Labute approximate surface area is 217 Å². The number of anilines is 2. The normalized spacial score (nSPS) is 12.0. The number of nitrogens with one attached hydrogen (secondary N) is 1. The fourth-order valence-electron chi connectivity index (χ4n) is 3.37. The zero-order valence-corrected chi connectivity index (χ0v) is 22.5. The van der Waals surface area contributed by atoms with E-state index in [1.54, 1.807) is 12.1 Å². The predicted molar refractivity (Wildman–Crippen MR) is 135 cm³/mol. The number of aromatic nitrogens is 1. The molecule has 1 aromatic heterocycles. The van der Waals surface area contributed by atoms with Crippen molar-refractivity contribution in [3.63, 3.8) is 0 Å². The van der Waals surface area contributed by atoms with Gasteiger partial charge in [0.05, 0.1) is 5.69 Å². The van der Waals surface area contributed by atoms with Crippen LogP contribution in [0.1, 0.15) is 31.9 Å². The van der Waals surface area contributed by atoms with E-state index < -0.39 is 44.1 Å². The first-order valence-corrected chi connectivity index (χ1v) is 13.3. The summed E-state index contributed by atoms with van der Waals surface area (Å²) in [6, 6.07) is 7.59. The molecule has 2 aromatic carbocycles. The lowest BCUT2D eigenvalue weighted by Gasteiger charge is -2.25. The van der Waals surface area contributed by atoms with Gasteiger partial charge in [0.1, 0.15) is 16.3 Å². The van der Waals surface area contributed by atoms with E-state index in [9.17, 15) is 17.6 Å². The number of carbonyl (C=O) groups is 1. The van der Waals surface area contributed by atoms with Crippen LogP contribution < -0.4 is 9.62 Å². The van der Waals surface area contributed by atoms with Crippen LogP contribution in [0.5, 0.6) is 0 Å². The number of benzene rings is 2. The summed E-state index contributed by atoms with van der Waals surface area (Å²) in [6.45, 7) is 4.81. The summed E-state index contributed by atoms with van der Waals surface area (Å²) >= 11 is 0.859. The molecule has 8 nitrogen and oxygen atoms in total.